The van der Waals surface area contributed by atoms with Gasteiger partial charge in [-0.05, 0) is 17.7 Å². The van der Waals surface area contributed by atoms with Crippen molar-refractivity contribution in [1.29, 1.82) is 0 Å². The SMILES string of the molecule is NC(=O)c1cc2c(s1)NC(=O)/C2=C\c1c[nH]cc1-c1ccccc1. The molecule has 0 spiro atoms. The van der Waals surface area contributed by atoms with Crippen LogP contribution in [0.4, 0.5) is 5.00 Å². The van der Waals surface area contributed by atoms with Crippen molar-refractivity contribution in [2.75, 3.05) is 5.32 Å². The van der Waals surface area contributed by atoms with Gasteiger partial charge in [0.15, 0.2) is 0 Å². The molecule has 1 aromatic carbocycles. The zero-order valence-corrected chi connectivity index (χ0v) is 13.3. The summed E-state index contributed by atoms with van der Waals surface area (Å²) in [6.07, 6.45) is 5.58. The summed E-state index contributed by atoms with van der Waals surface area (Å²) in [6, 6.07) is 11.6. The lowest BCUT2D eigenvalue weighted by atomic mass is 10.0. The van der Waals surface area contributed by atoms with Gasteiger partial charge in [0.05, 0.1) is 10.5 Å². The van der Waals surface area contributed by atoms with Gasteiger partial charge in [0.1, 0.15) is 5.00 Å². The minimum Gasteiger partial charge on any atom is -0.366 e. The maximum absolute atomic E-state index is 12.2. The molecule has 0 fully saturated rings. The largest absolute Gasteiger partial charge is 0.366 e. The second kappa shape index (κ2) is 5.50. The zero-order valence-electron chi connectivity index (χ0n) is 12.5. The zero-order chi connectivity index (χ0) is 16.7. The Morgan fingerprint density at radius 3 is 2.67 bits per heavy atom. The molecular formula is C18H13N3O2S. The van der Waals surface area contributed by atoms with Gasteiger partial charge in [-0.15, -0.1) is 11.3 Å². The number of hydrogen-bond donors (Lipinski definition) is 3. The van der Waals surface area contributed by atoms with Crippen molar-refractivity contribution in [3.63, 3.8) is 0 Å². The third kappa shape index (κ3) is 2.33. The summed E-state index contributed by atoms with van der Waals surface area (Å²) in [5.41, 5.74) is 9.56. The molecule has 0 aliphatic carbocycles. The molecule has 2 amide bonds. The number of rotatable bonds is 3. The molecule has 5 nitrogen and oxygen atoms in total. The maximum Gasteiger partial charge on any atom is 0.258 e. The molecule has 4 rings (SSSR count). The highest BCUT2D eigenvalue weighted by Gasteiger charge is 2.28. The number of carbonyl (C=O) groups is 2. The van der Waals surface area contributed by atoms with E-state index >= 15 is 0 Å². The number of H-pyrrole nitrogens is 1. The Labute approximate surface area is 141 Å². The lowest BCUT2D eigenvalue weighted by Crippen LogP contribution is -2.09. The second-order valence-electron chi connectivity index (χ2n) is 5.42. The van der Waals surface area contributed by atoms with Crippen LogP contribution in [-0.4, -0.2) is 16.8 Å². The normalized spacial score (nSPS) is 14.7. The van der Waals surface area contributed by atoms with Crippen LogP contribution in [0.2, 0.25) is 0 Å². The number of aromatic amines is 1. The van der Waals surface area contributed by atoms with Gasteiger partial charge in [-0.3, -0.25) is 9.59 Å². The molecule has 2 aromatic heterocycles. The minimum absolute atomic E-state index is 0.174. The topological polar surface area (TPSA) is 88.0 Å². The van der Waals surface area contributed by atoms with Crippen LogP contribution >= 0.6 is 11.3 Å². The highest BCUT2D eigenvalue weighted by Crippen LogP contribution is 2.40. The average molecular weight is 335 g/mol. The molecule has 0 atom stereocenters. The van der Waals surface area contributed by atoms with E-state index in [9.17, 15) is 9.59 Å². The van der Waals surface area contributed by atoms with E-state index in [2.05, 4.69) is 10.3 Å². The summed E-state index contributed by atoms with van der Waals surface area (Å²) < 4.78 is 0. The van der Waals surface area contributed by atoms with Crippen LogP contribution in [0.1, 0.15) is 20.8 Å². The molecule has 0 saturated carbocycles. The molecule has 3 aromatic rings. The fourth-order valence-corrected chi connectivity index (χ4v) is 3.68. The molecule has 4 N–H and O–H groups in total. The van der Waals surface area contributed by atoms with Gasteiger partial charge in [0.25, 0.3) is 11.8 Å². The van der Waals surface area contributed by atoms with E-state index in [1.807, 2.05) is 48.8 Å². The Balaban J connectivity index is 1.80. The number of fused-ring (bicyclic) bond motifs is 1. The first-order chi connectivity index (χ1) is 11.6. The van der Waals surface area contributed by atoms with Crippen molar-refractivity contribution in [2.45, 2.75) is 0 Å². The van der Waals surface area contributed by atoms with Crippen molar-refractivity contribution in [2.24, 2.45) is 5.73 Å². The molecule has 0 unspecified atom stereocenters. The average Bonchev–Trinajstić information content (AvgIpc) is 3.25. The number of nitrogens with two attached hydrogens (primary N) is 1. The molecule has 0 saturated heterocycles. The summed E-state index contributed by atoms with van der Waals surface area (Å²) in [7, 11) is 0. The Hall–Kier alpha value is -3.12. The molecule has 24 heavy (non-hydrogen) atoms. The van der Waals surface area contributed by atoms with Gasteiger partial charge in [-0.1, -0.05) is 30.3 Å². The fraction of sp³-hybridized carbons (Fsp3) is 0. The van der Waals surface area contributed by atoms with Crippen LogP contribution in [0.5, 0.6) is 0 Å². The van der Waals surface area contributed by atoms with Gasteiger partial charge in [0.2, 0.25) is 0 Å². The van der Waals surface area contributed by atoms with Crippen LogP contribution in [0.25, 0.3) is 22.8 Å². The highest BCUT2D eigenvalue weighted by molar-refractivity contribution is 7.18. The number of amides is 2. The molecule has 6 heteroatoms. The first kappa shape index (κ1) is 14.5. The van der Waals surface area contributed by atoms with E-state index in [-0.39, 0.29) is 5.91 Å². The van der Waals surface area contributed by atoms with Gasteiger partial charge >= 0.3 is 0 Å². The standard InChI is InChI=1S/C18H13N3O2S/c19-16(22)15-7-13-12(17(23)21-18(13)24-15)6-11-8-20-9-14(11)10-4-2-1-3-5-10/h1-9,20H,(H2,19,22)(H,21,23)/b12-6-. The number of nitrogens with one attached hydrogen (secondary N) is 2. The number of thiophene rings is 1. The molecule has 3 heterocycles. The number of primary amides is 1. The Morgan fingerprint density at radius 2 is 1.92 bits per heavy atom. The van der Waals surface area contributed by atoms with Gasteiger partial charge < -0.3 is 16.0 Å². The van der Waals surface area contributed by atoms with Crippen molar-refractivity contribution in [1.82, 2.24) is 4.98 Å². The molecule has 118 valence electrons. The fourth-order valence-electron chi connectivity index (χ4n) is 2.76. The lowest BCUT2D eigenvalue weighted by molar-refractivity contribution is -0.110. The van der Waals surface area contributed by atoms with Crippen LogP contribution < -0.4 is 11.1 Å². The van der Waals surface area contributed by atoms with E-state index in [4.69, 9.17) is 5.73 Å². The molecular weight excluding hydrogens is 322 g/mol. The third-order valence-electron chi connectivity index (χ3n) is 3.90. The van der Waals surface area contributed by atoms with Crippen molar-refractivity contribution < 1.29 is 9.59 Å². The highest BCUT2D eigenvalue weighted by atomic mass is 32.1. The predicted molar refractivity (Wildman–Crippen MR) is 95.6 cm³/mol. The quantitative estimate of drug-likeness (QED) is 0.641. The Morgan fingerprint density at radius 1 is 1.12 bits per heavy atom. The Kier molecular flexibility index (Phi) is 3.32. The van der Waals surface area contributed by atoms with Crippen LogP contribution in [0, 0.1) is 0 Å². The summed E-state index contributed by atoms with van der Waals surface area (Å²) in [5.74, 6) is -0.665. The van der Waals surface area contributed by atoms with E-state index in [1.165, 1.54) is 11.3 Å². The van der Waals surface area contributed by atoms with Crippen molar-refractivity contribution in [3.05, 3.63) is 64.8 Å². The van der Waals surface area contributed by atoms with Crippen LogP contribution in [-0.2, 0) is 4.79 Å². The predicted octanol–water partition coefficient (Wildman–Crippen LogP) is 3.33. The smallest absolute Gasteiger partial charge is 0.258 e. The van der Waals surface area contributed by atoms with Crippen LogP contribution in [0.3, 0.4) is 0 Å². The Bertz CT molecular complexity index is 983. The van der Waals surface area contributed by atoms with Gasteiger partial charge in [-0.25, -0.2) is 0 Å². The summed E-state index contributed by atoms with van der Waals surface area (Å²) in [5, 5.41) is 3.45. The monoisotopic (exact) mass is 335 g/mol. The van der Waals surface area contributed by atoms with Gasteiger partial charge in [-0.2, -0.15) is 0 Å². The van der Waals surface area contributed by atoms with Crippen LogP contribution in [0.15, 0.2) is 48.8 Å². The second-order valence-corrected chi connectivity index (χ2v) is 6.47. The van der Waals surface area contributed by atoms with Gasteiger partial charge in [0, 0.05) is 29.1 Å². The molecule has 1 aliphatic rings. The third-order valence-corrected chi connectivity index (χ3v) is 4.96. The first-order valence-corrected chi connectivity index (χ1v) is 8.14. The van der Waals surface area contributed by atoms with E-state index in [0.29, 0.717) is 15.5 Å². The number of hydrogen-bond acceptors (Lipinski definition) is 3. The number of anilines is 1. The van der Waals surface area contributed by atoms with E-state index in [1.54, 1.807) is 6.07 Å². The summed E-state index contributed by atoms with van der Waals surface area (Å²) in [6.45, 7) is 0. The molecule has 1 aliphatic heterocycles. The van der Waals surface area contributed by atoms with E-state index < -0.39 is 5.91 Å². The van der Waals surface area contributed by atoms with E-state index in [0.717, 1.165) is 22.3 Å². The molecule has 0 radical (unpaired) electrons. The molecule has 0 bridgehead atoms. The van der Waals surface area contributed by atoms with Crippen molar-refractivity contribution >= 4 is 39.8 Å². The number of benzene rings is 1. The summed E-state index contributed by atoms with van der Waals surface area (Å²) in [4.78, 5) is 27.1. The number of carbonyl (C=O) groups excluding carboxylic acids is 2. The first-order valence-electron chi connectivity index (χ1n) is 7.33. The number of aromatic nitrogens is 1. The minimum atomic E-state index is -0.491. The maximum atomic E-state index is 12.2. The lowest BCUT2D eigenvalue weighted by Gasteiger charge is -2.01. The summed E-state index contributed by atoms with van der Waals surface area (Å²) >= 11 is 1.20. The van der Waals surface area contributed by atoms with Crippen molar-refractivity contribution in [3.8, 4) is 11.1 Å².